The predicted octanol–water partition coefficient (Wildman–Crippen LogP) is 4.55. The minimum Gasteiger partial charge on any atom is -0.475 e. The molecule has 0 bridgehead atoms. The summed E-state index contributed by atoms with van der Waals surface area (Å²) in [6.07, 6.45) is 0.477. The van der Waals surface area contributed by atoms with E-state index in [4.69, 9.17) is 11.3 Å². The molecule has 0 atom stereocenters. The molecule has 0 saturated heterocycles. The number of hydrogen-bond acceptors (Lipinski definition) is 9. The third kappa shape index (κ3) is 5.57. The molecule has 1 aliphatic heterocycles. The number of aromatic nitrogens is 7. The van der Waals surface area contributed by atoms with Gasteiger partial charge >= 0.3 is 6.18 Å². The molecule has 0 unspecified atom stereocenters. The zero-order valence-corrected chi connectivity index (χ0v) is 21.0. The molecular formula is C25H23F3N10O. The predicted molar refractivity (Wildman–Crippen MR) is 135 cm³/mol. The maximum atomic E-state index is 13.4. The number of nitrogens with zero attached hydrogens (tertiary/aromatic N) is 9. The topological polar surface area (TPSA) is 111 Å². The highest BCUT2D eigenvalue weighted by atomic mass is 19.4. The van der Waals surface area contributed by atoms with Crippen molar-refractivity contribution in [2.45, 2.75) is 38.5 Å². The maximum Gasteiger partial charge on any atom is 0.407 e. The van der Waals surface area contributed by atoms with Gasteiger partial charge in [0.05, 0.1) is 41.8 Å². The minimum absolute atomic E-state index is 0.304. The van der Waals surface area contributed by atoms with Crippen molar-refractivity contribution in [2.24, 2.45) is 0 Å². The molecule has 4 aromatic rings. The molecule has 1 aliphatic rings. The van der Waals surface area contributed by atoms with Crippen LogP contribution in [0.15, 0.2) is 49.2 Å². The summed E-state index contributed by atoms with van der Waals surface area (Å²) in [6, 6.07) is 7.32. The molecule has 1 N–H and O–H groups in total. The van der Waals surface area contributed by atoms with Crippen molar-refractivity contribution in [3.05, 3.63) is 77.4 Å². The van der Waals surface area contributed by atoms with E-state index in [9.17, 15) is 13.2 Å². The first-order valence-corrected chi connectivity index (χ1v) is 11.9. The van der Waals surface area contributed by atoms with Crippen molar-refractivity contribution in [3.8, 4) is 5.88 Å². The van der Waals surface area contributed by atoms with Crippen molar-refractivity contribution >= 4 is 22.9 Å². The second-order valence-electron chi connectivity index (χ2n) is 9.50. The van der Waals surface area contributed by atoms with Crippen LogP contribution >= 0.6 is 0 Å². The molecule has 0 radical (unpaired) electrons. The lowest BCUT2D eigenvalue weighted by atomic mass is 10.0. The summed E-state index contributed by atoms with van der Waals surface area (Å²) in [4.78, 5) is 17.9. The highest BCUT2D eigenvalue weighted by Crippen LogP contribution is 2.39. The first-order valence-electron chi connectivity index (χ1n) is 11.9. The Labute approximate surface area is 221 Å². The van der Waals surface area contributed by atoms with E-state index in [1.165, 1.54) is 24.8 Å². The van der Waals surface area contributed by atoms with E-state index < -0.39 is 23.0 Å². The molecule has 4 heterocycles. The van der Waals surface area contributed by atoms with Crippen LogP contribution in [-0.4, -0.2) is 48.3 Å². The third-order valence-corrected chi connectivity index (χ3v) is 6.32. The van der Waals surface area contributed by atoms with Gasteiger partial charge < -0.3 is 15.0 Å². The summed E-state index contributed by atoms with van der Waals surface area (Å²) in [5.41, 5.74) is 0.837. The highest BCUT2D eigenvalue weighted by Gasteiger charge is 2.34. The van der Waals surface area contributed by atoms with Crippen LogP contribution in [0.3, 0.4) is 0 Å². The van der Waals surface area contributed by atoms with Crippen LogP contribution in [0.4, 0.5) is 36.1 Å². The molecule has 3 aromatic heterocycles. The number of benzene rings is 1. The Balaban J connectivity index is 1.27. The zero-order valence-electron chi connectivity index (χ0n) is 21.0. The summed E-state index contributed by atoms with van der Waals surface area (Å²) in [5, 5.41) is 14.5. The van der Waals surface area contributed by atoms with Gasteiger partial charge in [0.15, 0.2) is 5.69 Å². The maximum absolute atomic E-state index is 13.4. The number of anilines is 3. The SMILES string of the molecule is [C-]#[N+]c1ccc(N2CCc3c(ncnc3Nc3ccc(OCC(C)(C)n4cnnn4)nc3)C2)cc1C(F)(F)F. The Hall–Kier alpha value is -4.80. The number of ether oxygens (including phenoxy) is 1. The minimum atomic E-state index is -4.61. The van der Waals surface area contributed by atoms with E-state index in [1.54, 1.807) is 16.9 Å². The number of tetrazole rings is 1. The van der Waals surface area contributed by atoms with E-state index in [0.29, 0.717) is 54.9 Å². The summed E-state index contributed by atoms with van der Waals surface area (Å²) >= 11 is 0. The van der Waals surface area contributed by atoms with Crippen LogP contribution in [0.25, 0.3) is 4.85 Å². The van der Waals surface area contributed by atoms with Crippen LogP contribution in [0, 0.1) is 6.57 Å². The Kier molecular flexibility index (Phi) is 6.73. The van der Waals surface area contributed by atoms with E-state index in [1.807, 2.05) is 24.8 Å². The Bertz CT molecular complexity index is 1500. The molecule has 0 aliphatic carbocycles. The molecule has 11 nitrogen and oxygen atoms in total. The number of nitrogens with one attached hydrogen (secondary N) is 1. The molecule has 0 saturated carbocycles. The van der Waals surface area contributed by atoms with Crippen LogP contribution < -0.4 is 15.0 Å². The zero-order chi connectivity index (χ0) is 27.6. The normalized spacial score (nSPS) is 13.5. The van der Waals surface area contributed by atoms with Gasteiger partial charge in [-0.25, -0.2) is 24.5 Å². The van der Waals surface area contributed by atoms with E-state index >= 15 is 0 Å². The number of fused-ring (bicyclic) bond motifs is 1. The lowest BCUT2D eigenvalue weighted by molar-refractivity contribution is -0.136. The van der Waals surface area contributed by atoms with Crippen molar-refractivity contribution < 1.29 is 17.9 Å². The summed E-state index contributed by atoms with van der Waals surface area (Å²) < 4.78 is 47.8. The van der Waals surface area contributed by atoms with Crippen LogP contribution in [0.2, 0.25) is 0 Å². The average molecular weight is 537 g/mol. The molecular weight excluding hydrogens is 513 g/mol. The average Bonchev–Trinajstić information content (AvgIpc) is 3.48. The van der Waals surface area contributed by atoms with Crippen molar-refractivity contribution in [3.63, 3.8) is 0 Å². The van der Waals surface area contributed by atoms with Gasteiger partial charge in [0.2, 0.25) is 5.88 Å². The quantitative estimate of drug-likeness (QED) is 0.340. The fourth-order valence-electron chi connectivity index (χ4n) is 4.16. The van der Waals surface area contributed by atoms with Crippen molar-refractivity contribution in [1.82, 2.24) is 35.2 Å². The first kappa shape index (κ1) is 25.8. The number of alkyl halides is 3. The smallest absolute Gasteiger partial charge is 0.407 e. The van der Waals surface area contributed by atoms with Gasteiger partial charge in [0.1, 0.15) is 25.1 Å². The number of hydrogen-bond donors (Lipinski definition) is 1. The van der Waals surface area contributed by atoms with Gasteiger partial charge in [-0.05, 0) is 48.9 Å². The fourth-order valence-corrected chi connectivity index (χ4v) is 4.16. The van der Waals surface area contributed by atoms with Crippen LogP contribution in [-0.2, 0) is 24.7 Å². The van der Waals surface area contributed by atoms with E-state index in [0.717, 1.165) is 11.6 Å². The number of pyridine rings is 1. The van der Waals surface area contributed by atoms with Gasteiger partial charge in [0.25, 0.3) is 0 Å². The Morgan fingerprint density at radius 2 is 1.97 bits per heavy atom. The molecule has 39 heavy (non-hydrogen) atoms. The molecule has 1 aromatic carbocycles. The Morgan fingerprint density at radius 1 is 1.13 bits per heavy atom. The first-order chi connectivity index (χ1) is 18.6. The van der Waals surface area contributed by atoms with Gasteiger partial charge in [-0.3, -0.25) is 0 Å². The van der Waals surface area contributed by atoms with Crippen molar-refractivity contribution in [2.75, 3.05) is 23.4 Å². The molecule has 0 amide bonds. The summed E-state index contributed by atoms with van der Waals surface area (Å²) in [7, 11) is 0. The van der Waals surface area contributed by atoms with Gasteiger partial charge in [-0.2, -0.15) is 13.2 Å². The van der Waals surface area contributed by atoms with Crippen LogP contribution in [0.1, 0.15) is 30.7 Å². The highest BCUT2D eigenvalue weighted by molar-refractivity contribution is 5.64. The Morgan fingerprint density at radius 3 is 2.67 bits per heavy atom. The van der Waals surface area contributed by atoms with Gasteiger partial charge in [-0.15, -0.1) is 5.10 Å². The molecule has 0 fully saturated rings. The van der Waals surface area contributed by atoms with Crippen LogP contribution in [0.5, 0.6) is 5.88 Å². The largest absolute Gasteiger partial charge is 0.475 e. The fraction of sp³-hybridized carbons (Fsp3) is 0.320. The number of halogens is 3. The standard InChI is InChI=1S/C25H23F3N10O/c1-24(2,38-15-33-35-36-38)13-39-22-7-4-16(11-30-22)34-23-18-8-9-37(12-21(18)31-14-32-23)17-5-6-20(29-3)19(10-17)25(26,27)28/h4-7,10-11,14-15H,8-9,12-13H2,1-2H3,(H,31,32,34). The molecule has 14 heteroatoms. The number of rotatable bonds is 7. The van der Waals surface area contributed by atoms with Gasteiger partial charge in [-0.1, -0.05) is 6.07 Å². The molecule has 200 valence electrons. The third-order valence-electron chi connectivity index (χ3n) is 6.32. The molecule has 0 spiro atoms. The summed E-state index contributed by atoms with van der Waals surface area (Å²) in [5.74, 6) is 1.04. The lowest BCUT2D eigenvalue weighted by Crippen LogP contribution is -2.34. The second-order valence-corrected chi connectivity index (χ2v) is 9.50. The second kappa shape index (κ2) is 10.2. The lowest BCUT2D eigenvalue weighted by Gasteiger charge is -2.31. The van der Waals surface area contributed by atoms with Gasteiger partial charge in [0, 0.05) is 23.9 Å². The monoisotopic (exact) mass is 536 g/mol. The summed E-state index contributed by atoms with van der Waals surface area (Å²) in [6.45, 7) is 12.0. The van der Waals surface area contributed by atoms with Crippen molar-refractivity contribution in [1.29, 1.82) is 0 Å². The molecule has 5 rings (SSSR count). The van der Waals surface area contributed by atoms with E-state index in [-0.39, 0.29) is 0 Å². The van der Waals surface area contributed by atoms with E-state index in [2.05, 4.69) is 40.6 Å².